The molecule has 0 aromatic heterocycles. The van der Waals surface area contributed by atoms with Gasteiger partial charge in [-0.2, -0.15) is 0 Å². The van der Waals surface area contributed by atoms with E-state index in [-0.39, 0.29) is 0 Å². The van der Waals surface area contributed by atoms with Crippen molar-refractivity contribution in [1.29, 1.82) is 22.1 Å². The average Bonchev–Trinajstić information content (AvgIpc) is 2.41. The molecule has 0 rings (SSSR count). The van der Waals surface area contributed by atoms with Crippen LogP contribution in [0.3, 0.4) is 0 Å². The second kappa shape index (κ2) is 6.79. The van der Waals surface area contributed by atoms with Gasteiger partial charge < -0.3 is 0 Å². The summed E-state index contributed by atoms with van der Waals surface area (Å²) in [7, 11) is -3.39. The smallest absolute Gasteiger partial charge is 0.292 e. The van der Waals surface area contributed by atoms with Crippen LogP contribution in [0, 0.1) is 22.1 Å². The minimum atomic E-state index is -3.39. The summed E-state index contributed by atoms with van der Waals surface area (Å²) in [5.74, 6) is -7.54. The van der Waals surface area contributed by atoms with Crippen molar-refractivity contribution in [2.45, 2.75) is 25.5 Å². The fourth-order valence-corrected chi connectivity index (χ4v) is 1.68. The third kappa shape index (κ3) is 3.40. The highest BCUT2D eigenvalue weighted by Crippen LogP contribution is 2.39. The Morgan fingerprint density at radius 2 is 1.10 bits per heavy atom. The molecule has 0 amide bonds. The molecule has 0 aromatic rings. The second-order valence-electron chi connectivity index (χ2n) is 3.18. The number of nitrogens with one attached hydrogen (secondary N) is 4. The highest BCUT2D eigenvalue weighted by atomic mass is 31.1. The second-order valence-corrected chi connectivity index (χ2v) is 3.99. The van der Waals surface area contributed by atoms with Gasteiger partial charge in [-0.15, -0.1) is 20.5 Å². The lowest BCUT2D eigenvalue weighted by Gasteiger charge is -2.13. The molecule has 0 radical (unpaired) electrons. The molecule has 0 aliphatic heterocycles. The molecule has 0 aliphatic rings. The van der Waals surface area contributed by atoms with Crippen LogP contribution in [-0.4, -0.2) is 23.3 Å². The summed E-state index contributed by atoms with van der Waals surface area (Å²) in [5, 5.41) is 10.5. The number of carbonyl (C=O) groups is 2. The van der Waals surface area contributed by atoms with Gasteiger partial charge in [-0.1, -0.05) is 9.05 Å². The van der Waals surface area contributed by atoms with E-state index in [0.717, 1.165) is 13.8 Å². The zero-order chi connectivity index (χ0) is 16.0. The summed E-state index contributed by atoms with van der Waals surface area (Å²) >= 11 is 0. The predicted octanol–water partition coefficient (Wildman–Crippen LogP) is 2.29. The summed E-state index contributed by atoms with van der Waals surface area (Å²) in [6.45, 7) is 1.72. The molecule has 0 saturated heterocycles. The first kappa shape index (κ1) is 17.8. The molecule has 4 N–H and O–H groups in total. The first-order valence-corrected chi connectivity index (χ1v) is 5.75. The summed E-state index contributed by atoms with van der Waals surface area (Å²) in [5.41, 5.74) is 26.9. The largest absolute Gasteiger partial charge is 0.707 e. The van der Waals surface area contributed by atoms with Crippen molar-refractivity contribution in [1.82, 2.24) is 0 Å². The standard InChI is InChI=1S/C6H10N8O5P/c1-3(15)5(11-7,12-8)18-20(17)19-6(13-9,14-10)4(2)16/h7-10H,1-2H3/q+1. The van der Waals surface area contributed by atoms with Gasteiger partial charge in [0.2, 0.25) is 11.6 Å². The molecular formula is C6H10N8O5P+. The van der Waals surface area contributed by atoms with Crippen molar-refractivity contribution < 1.29 is 23.2 Å². The van der Waals surface area contributed by atoms with E-state index >= 15 is 0 Å². The van der Waals surface area contributed by atoms with Crippen molar-refractivity contribution in [2.24, 2.45) is 20.5 Å². The number of carbonyl (C=O) groups excluding carboxylic acids is 2. The van der Waals surface area contributed by atoms with Crippen molar-refractivity contribution in [3.05, 3.63) is 0 Å². The quantitative estimate of drug-likeness (QED) is 0.351. The topological polar surface area (TPSA) is 215 Å². The van der Waals surface area contributed by atoms with E-state index < -0.39 is 31.5 Å². The van der Waals surface area contributed by atoms with Crippen LogP contribution in [0.1, 0.15) is 13.8 Å². The molecule has 108 valence electrons. The minimum absolute atomic E-state index is 0.862. The van der Waals surface area contributed by atoms with Crippen LogP contribution < -0.4 is 0 Å². The molecule has 0 spiro atoms. The van der Waals surface area contributed by atoms with E-state index in [1.807, 2.05) is 0 Å². The maximum Gasteiger partial charge on any atom is 0.707 e. The first-order chi connectivity index (χ1) is 9.23. The molecule has 0 bridgehead atoms. The normalized spacial score (nSPS) is 17.0. The van der Waals surface area contributed by atoms with Crippen LogP contribution in [-0.2, 0) is 23.2 Å². The van der Waals surface area contributed by atoms with Crippen LogP contribution in [0.15, 0.2) is 20.5 Å². The van der Waals surface area contributed by atoms with Crippen molar-refractivity contribution in [2.75, 3.05) is 0 Å². The van der Waals surface area contributed by atoms with Crippen molar-refractivity contribution >= 4 is 19.8 Å². The molecular weight excluding hydrogens is 295 g/mol. The first-order valence-electron chi connectivity index (χ1n) is 4.65. The Balaban J connectivity index is 5.30. The van der Waals surface area contributed by atoms with Gasteiger partial charge in [-0.05, 0) is 0 Å². The summed E-state index contributed by atoms with van der Waals surface area (Å²) in [4.78, 5) is 22.4. The van der Waals surface area contributed by atoms with Gasteiger partial charge in [0.05, 0.1) is 0 Å². The molecule has 0 unspecified atom stereocenters. The number of hydrogen-bond donors (Lipinski definition) is 4. The number of Topliss-reactive ketones (excluding diaryl/α,β-unsaturated/α-hetero) is 2. The Hall–Kier alpha value is -2.24. The summed E-state index contributed by atoms with van der Waals surface area (Å²) in [6, 6.07) is 0. The fraction of sp³-hybridized carbons (Fsp3) is 0.667. The van der Waals surface area contributed by atoms with E-state index in [9.17, 15) is 14.2 Å². The van der Waals surface area contributed by atoms with Gasteiger partial charge in [0.1, 0.15) is 0 Å². The number of ketones is 2. The van der Waals surface area contributed by atoms with Crippen LogP contribution in [0.2, 0.25) is 0 Å². The highest BCUT2D eigenvalue weighted by molar-refractivity contribution is 7.33. The zero-order valence-corrected chi connectivity index (χ0v) is 11.2. The maximum absolute atomic E-state index is 11.5. The molecule has 0 saturated carbocycles. The third-order valence-electron chi connectivity index (χ3n) is 1.93. The molecule has 20 heavy (non-hydrogen) atoms. The number of nitrogens with zero attached hydrogens (tertiary/aromatic N) is 4. The molecule has 14 heteroatoms. The predicted molar refractivity (Wildman–Crippen MR) is 57.2 cm³/mol. The lowest BCUT2D eigenvalue weighted by atomic mass is 10.3. The van der Waals surface area contributed by atoms with Gasteiger partial charge in [0.15, 0.2) is 0 Å². The molecule has 0 aliphatic carbocycles. The van der Waals surface area contributed by atoms with E-state index in [2.05, 4.69) is 29.5 Å². The van der Waals surface area contributed by atoms with E-state index in [0.29, 0.717) is 0 Å². The van der Waals surface area contributed by atoms with Crippen LogP contribution in [0.25, 0.3) is 0 Å². The van der Waals surface area contributed by atoms with Crippen LogP contribution in [0.5, 0.6) is 0 Å². The SMILES string of the molecule is CC(=O)C(N=N)(N=N)O[P+](=O)OC(N=N)(N=N)C(C)=O. The molecule has 0 heterocycles. The number of hydrogen-bond acceptors (Lipinski definition) is 13. The lowest BCUT2D eigenvalue weighted by molar-refractivity contribution is -0.136. The van der Waals surface area contributed by atoms with Gasteiger partial charge >= 0.3 is 20.0 Å². The third-order valence-corrected chi connectivity index (χ3v) is 2.73. The summed E-state index contributed by atoms with van der Waals surface area (Å²) in [6.07, 6.45) is 0. The van der Waals surface area contributed by atoms with E-state index in [1.165, 1.54) is 0 Å². The van der Waals surface area contributed by atoms with E-state index in [4.69, 9.17) is 22.1 Å². The fourth-order valence-electron chi connectivity index (χ4n) is 0.802. The molecule has 0 fully saturated rings. The number of rotatable bonds is 10. The highest BCUT2D eigenvalue weighted by Gasteiger charge is 2.54. The van der Waals surface area contributed by atoms with Crippen molar-refractivity contribution in [3.8, 4) is 0 Å². The Labute approximate surface area is 112 Å². The summed E-state index contributed by atoms with van der Waals surface area (Å²) < 4.78 is 20.3. The van der Waals surface area contributed by atoms with Crippen molar-refractivity contribution in [3.63, 3.8) is 0 Å². The van der Waals surface area contributed by atoms with Gasteiger partial charge in [0, 0.05) is 18.4 Å². The van der Waals surface area contributed by atoms with Gasteiger partial charge in [-0.25, -0.2) is 22.1 Å². The minimum Gasteiger partial charge on any atom is -0.292 e. The lowest BCUT2D eigenvalue weighted by Crippen LogP contribution is -2.36. The Morgan fingerprint density at radius 1 is 0.850 bits per heavy atom. The Kier molecular flexibility index (Phi) is 6.03. The molecule has 13 nitrogen and oxygen atoms in total. The van der Waals surface area contributed by atoms with Gasteiger partial charge in [-0.3, -0.25) is 9.59 Å². The maximum atomic E-state index is 11.5. The van der Waals surface area contributed by atoms with Crippen LogP contribution in [0.4, 0.5) is 0 Å². The molecule has 0 atom stereocenters. The molecule has 0 aromatic carbocycles. The monoisotopic (exact) mass is 305 g/mol. The zero-order valence-electron chi connectivity index (χ0n) is 10.3. The van der Waals surface area contributed by atoms with E-state index in [1.54, 1.807) is 0 Å². The average molecular weight is 305 g/mol. The Bertz CT molecular complexity index is 434. The Morgan fingerprint density at radius 3 is 1.25 bits per heavy atom. The van der Waals surface area contributed by atoms with Gasteiger partial charge in [0.25, 0.3) is 0 Å². The van der Waals surface area contributed by atoms with Crippen LogP contribution >= 0.6 is 8.25 Å².